The number of aryl methyl sites for hydroxylation is 1. The number of amides is 1. The first-order valence-corrected chi connectivity index (χ1v) is 8.84. The highest BCUT2D eigenvalue weighted by atomic mass is 35.5. The van der Waals surface area contributed by atoms with Gasteiger partial charge in [0.15, 0.2) is 0 Å². The maximum atomic E-state index is 12.4. The third-order valence-corrected chi connectivity index (χ3v) is 5.02. The molecule has 0 aromatic heterocycles. The standard InChI is InChI=1S/C20H23ClN2O/c1-14-9-11-23(12-10-14)19-8-7-16(13-18(19)21)22-20(24)17-6-4-3-5-15(17)2/h3-8,13-14H,9-12H2,1-2H3,(H,22,24). The van der Waals surface area contributed by atoms with Crippen LogP contribution in [-0.2, 0) is 0 Å². The molecule has 1 amide bonds. The molecular formula is C20H23ClN2O. The quantitative estimate of drug-likeness (QED) is 0.837. The molecule has 1 saturated heterocycles. The molecule has 1 N–H and O–H groups in total. The summed E-state index contributed by atoms with van der Waals surface area (Å²) in [6.45, 7) is 6.30. The molecule has 0 radical (unpaired) electrons. The Labute approximate surface area is 148 Å². The summed E-state index contributed by atoms with van der Waals surface area (Å²) in [7, 11) is 0. The Bertz CT molecular complexity index is 736. The van der Waals surface area contributed by atoms with Crippen molar-refractivity contribution < 1.29 is 4.79 Å². The van der Waals surface area contributed by atoms with E-state index in [2.05, 4.69) is 17.1 Å². The van der Waals surface area contributed by atoms with Crippen LogP contribution in [0.15, 0.2) is 42.5 Å². The van der Waals surface area contributed by atoms with Crippen LogP contribution in [0.3, 0.4) is 0 Å². The van der Waals surface area contributed by atoms with Crippen LogP contribution in [0.2, 0.25) is 5.02 Å². The van der Waals surface area contributed by atoms with Crippen molar-refractivity contribution >= 4 is 28.9 Å². The fourth-order valence-corrected chi connectivity index (χ4v) is 3.42. The number of rotatable bonds is 3. The smallest absolute Gasteiger partial charge is 0.255 e. The highest BCUT2D eigenvalue weighted by Crippen LogP contribution is 2.32. The molecule has 3 rings (SSSR count). The van der Waals surface area contributed by atoms with Crippen LogP contribution in [0.1, 0.15) is 35.7 Å². The van der Waals surface area contributed by atoms with Crippen molar-refractivity contribution in [3.05, 3.63) is 58.6 Å². The van der Waals surface area contributed by atoms with Crippen molar-refractivity contribution in [1.82, 2.24) is 0 Å². The van der Waals surface area contributed by atoms with Crippen LogP contribution >= 0.6 is 11.6 Å². The lowest BCUT2D eigenvalue weighted by atomic mass is 9.99. The molecule has 0 saturated carbocycles. The van der Waals surface area contributed by atoms with E-state index in [0.29, 0.717) is 10.6 Å². The normalized spacial score (nSPS) is 15.4. The Kier molecular flexibility index (Phi) is 5.10. The highest BCUT2D eigenvalue weighted by molar-refractivity contribution is 6.33. The summed E-state index contributed by atoms with van der Waals surface area (Å²) >= 11 is 6.47. The van der Waals surface area contributed by atoms with E-state index in [4.69, 9.17) is 11.6 Å². The number of nitrogens with zero attached hydrogens (tertiary/aromatic N) is 1. The minimum atomic E-state index is -0.108. The first-order valence-electron chi connectivity index (χ1n) is 8.46. The van der Waals surface area contributed by atoms with Gasteiger partial charge in [0.05, 0.1) is 10.7 Å². The first-order chi connectivity index (χ1) is 11.5. The fraction of sp³-hybridized carbons (Fsp3) is 0.350. The van der Waals surface area contributed by atoms with Crippen molar-refractivity contribution in [1.29, 1.82) is 0 Å². The molecule has 4 heteroatoms. The van der Waals surface area contributed by atoms with Crippen LogP contribution in [0, 0.1) is 12.8 Å². The van der Waals surface area contributed by atoms with Gasteiger partial charge in [-0.15, -0.1) is 0 Å². The molecule has 1 aliphatic heterocycles. The lowest BCUT2D eigenvalue weighted by molar-refractivity contribution is 0.102. The van der Waals surface area contributed by atoms with Gasteiger partial charge in [0.1, 0.15) is 0 Å². The van der Waals surface area contributed by atoms with Gasteiger partial charge in [0.2, 0.25) is 0 Å². The van der Waals surface area contributed by atoms with Crippen molar-refractivity contribution in [2.75, 3.05) is 23.3 Å². The Morgan fingerprint density at radius 1 is 1.17 bits per heavy atom. The SMILES string of the molecule is Cc1ccccc1C(=O)Nc1ccc(N2CCC(C)CC2)c(Cl)c1. The second kappa shape index (κ2) is 7.27. The van der Waals surface area contributed by atoms with Crippen molar-refractivity contribution in [3.63, 3.8) is 0 Å². The average molecular weight is 343 g/mol. The minimum Gasteiger partial charge on any atom is -0.370 e. The largest absolute Gasteiger partial charge is 0.370 e. The van der Waals surface area contributed by atoms with Gasteiger partial charge in [-0.25, -0.2) is 0 Å². The molecule has 2 aromatic rings. The summed E-state index contributed by atoms with van der Waals surface area (Å²) in [4.78, 5) is 14.7. The number of hydrogen-bond donors (Lipinski definition) is 1. The zero-order valence-corrected chi connectivity index (χ0v) is 14.9. The van der Waals surface area contributed by atoms with E-state index in [1.807, 2.05) is 49.4 Å². The van der Waals surface area contributed by atoms with Gasteiger partial charge >= 0.3 is 0 Å². The van der Waals surface area contributed by atoms with E-state index in [-0.39, 0.29) is 5.91 Å². The maximum absolute atomic E-state index is 12.4. The van der Waals surface area contributed by atoms with Crippen LogP contribution in [-0.4, -0.2) is 19.0 Å². The molecule has 1 heterocycles. The number of hydrogen-bond acceptors (Lipinski definition) is 2. The van der Waals surface area contributed by atoms with Crippen LogP contribution in [0.4, 0.5) is 11.4 Å². The molecule has 126 valence electrons. The summed E-state index contributed by atoms with van der Waals surface area (Å²) in [5.74, 6) is 0.677. The van der Waals surface area contributed by atoms with Gasteiger partial charge in [-0.05, 0) is 55.5 Å². The topological polar surface area (TPSA) is 32.3 Å². The molecule has 1 aliphatic rings. The summed E-state index contributed by atoms with van der Waals surface area (Å²) in [6.07, 6.45) is 2.39. The third kappa shape index (κ3) is 3.73. The number of halogens is 1. The Hall–Kier alpha value is -2.00. The molecular weight excluding hydrogens is 320 g/mol. The number of nitrogens with one attached hydrogen (secondary N) is 1. The number of anilines is 2. The van der Waals surface area contributed by atoms with Crippen LogP contribution < -0.4 is 10.2 Å². The summed E-state index contributed by atoms with van der Waals surface area (Å²) in [6, 6.07) is 13.3. The molecule has 24 heavy (non-hydrogen) atoms. The average Bonchev–Trinajstić information content (AvgIpc) is 2.56. The van der Waals surface area contributed by atoms with Crippen molar-refractivity contribution in [2.24, 2.45) is 5.92 Å². The molecule has 0 aliphatic carbocycles. The van der Waals surface area contributed by atoms with Crippen molar-refractivity contribution in [2.45, 2.75) is 26.7 Å². The molecule has 0 atom stereocenters. The van der Waals surface area contributed by atoms with Gasteiger partial charge < -0.3 is 10.2 Å². The van der Waals surface area contributed by atoms with Gasteiger partial charge in [0, 0.05) is 24.3 Å². The van der Waals surface area contributed by atoms with E-state index >= 15 is 0 Å². The van der Waals surface area contributed by atoms with Crippen LogP contribution in [0.25, 0.3) is 0 Å². The van der Waals surface area contributed by atoms with E-state index in [1.165, 1.54) is 12.8 Å². The number of carbonyl (C=O) groups excluding carboxylic acids is 1. The maximum Gasteiger partial charge on any atom is 0.255 e. The van der Waals surface area contributed by atoms with E-state index in [0.717, 1.165) is 35.9 Å². The van der Waals surface area contributed by atoms with Crippen molar-refractivity contribution in [3.8, 4) is 0 Å². The number of benzene rings is 2. The summed E-state index contributed by atoms with van der Waals surface area (Å²) in [5.41, 5.74) is 3.42. The second-order valence-electron chi connectivity index (χ2n) is 6.60. The Morgan fingerprint density at radius 3 is 2.54 bits per heavy atom. The molecule has 2 aromatic carbocycles. The lowest BCUT2D eigenvalue weighted by Gasteiger charge is -2.32. The first kappa shape index (κ1) is 16.8. The molecule has 3 nitrogen and oxygen atoms in total. The van der Waals surface area contributed by atoms with E-state index < -0.39 is 0 Å². The van der Waals surface area contributed by atoms with Gasteiger partial charge in [-0.1, -0.05) is 36.7 Å². The monoisotopic (exact) mass is 342 g/mol. The molecule has 0 unspecified atom stereocenters. The van der Waals surface area contributed by atoms with Gasteiger partial charge in [0.25, 0.3) is 5.91 Å². The Balaban J connectivity index is 1.73. The minimum absolute atomic E-state index is 0.108. The van der Waals surface area contributed by atoms with E-state index in [9.17, 15) is 4.79 Å². The summed E-state index contributed by atoms with van der Waals surface area (Å²) in [5, 5.41) is 3.62. The Morgan fingerprint density at radius 2 is 1.88 bits per heavy atom. The zero-order valence-electron chi connectivity index (χ0n) is 14.2. The highest BCUT2D eigenvalue weighted by Gasteiger charge is 2.18. The second-order valence-corrected chi connectivity index (χ2v) is 7.01. The van der Waals surface area contributed by atoms with Gasteiger partial charge in [-0.3, -0.25) is 4.79 Å². The fourth-order valence-electron chi connectivity index (χ4n) is 3.12. The predicted molar refractivity (Wildman–Crippen MR) is 101 cm³/mol. The van der Waals surface area contributed by atoms with Crippen LogP contribution in [0.5, 0.6) is 0 Å². The number of piperidine rings is 1. The molecule has 1 fully saturated rings. The molecule has 0 bridgehead atoms. The van der Waals surface area contributed by atoms with E-state index in [1.54, 1.807) is 0 Å². The zero-order chi connectivity index (χ0) is 17.1. The predicted octanol–water partition coefficient (Wildman–Crippen LogP) is 5.14. The molecule has 0 spiro atoms. The lowest BCUT2D eigenvalue weighted by Crippen LogP contribution is -2.32. The summed E-state index contributed by atoms with van der Waals surface area (Å²) < 4.78 is 0. The third-order valence-electron chi connectivity index (χ3n) is 4.72. The number of carbonyl (C=O) groups is 1. The van der Waals surface area contributed by atoms with Gasteiger partial charge in [-0.2, -0.15) is 0 Å².